The predicted octanol–water partition coefficient (Wildman–Crippen LogP) is 3.10. The monoisotopic (exact) mass is 232 g/mol. The maximum absolute atomic E-state index is 12.4. The first-order chi connectivity index (χ1) is 7.36. The van der Waals surface area contributed by atoms with Crippen LogP contribution in [0.4, 0.5) is 13.2 Å². The van der Waals surface area contributed by atoms with Gasteiger partial charge in [0.15, 0.2) is 0 Å². The number of hydrogen-bond acceptors (Lipinski definition) is 2. The van der Waals surface area contributed by atoms with Crippen molar-refractivity contribution in [2.75, 3.05) is 0 Å². The molecule has 5 heteroatoms. The molecule has 1 atom stereocenters. The molecule has 0 spiro atoms. The van der Waals surface area contributed by atoms with Crippen LogP contribution in [0, 0.1) is 0 Å². The minimum absolute atomic E-state index is 0.155. The zero-order valence-corrected chi connectivity index (χ0v) is 8.58. The third kappa shape index (κ3) is 2.74. The average Bonchev–Trinajstić information content (AvgIpc) is 2.16. The van der Waals surface area contributed by atoms with Crippen molar-refractivity contribution in [3.8, 4) is 5.75 Å². The Labute approximate surface area is 90.7 Å². The van der Waals surface area contributed by atoms with Crippen molar-refractivity contribution in [2.45, 2.75) is 25.4 Å². The van der Waals surface area contributed by atoms with Crippen LogP contribution >= 0.6 is 0 Å². The van der Waals surface area contributed by atoms with Gasteiger partial charge in [0.05, 0.1) is 5.56 Å². The number of alkyl halides is 3. The van der Waals surface area contributed by atoms with Crippen LogP contribution in [0.1, 0.15) is 30.4 Å². The number of carbonyl (C=O) groups excluding carboxylic acids is 1. The van der Waals surface area contributed by atoms with E-state index < -0.39 is 17.5 Å². The van der Waals surface area contributed by atoms with Crippen molar-refractivity contribution in [1.29, 1.82) is 0 Å². The highest BCUT2D eigenvalue weighted by molar-refractivity contribution is 5.52. The largest absolute Gasteiger partial charge is 0.507 e. The molecule has 0 aliphatic carbocycles. The van der Waals surface area contributed by atoms with Gasteiger partial charge in [-0.15, -0.1) is 0 Å². The van der Waals surface area contributed by atoms with Gasteiger partial charge in [0, 0.05) is 6.42 Å². The Bertz CT molecular complexity index is 385. The SMILES string of the molecule is CC(CC=O)c1ccc(O)c(C(F)(F)F)c1. The number of rotatable bonds is 3. The van der Waals surface area contributed by atoms with Gasteiger partial charge in [-0.2, -0.15) is 13.2 Å². The molecule has 1 aromatic rings. The van der Waals surface area contributed by atoms with Crippen LogP contribution in [-0.2, 0) is 11.0 Å². The zero-order valence-electron chi connectivity index (χ0n) is 8.58. The first-order valence-electron chi connectivity index (χ1n) is 4.70. The molecule has 88 valence electrons. The summed E-state index contributed by atoms with van der Waals surface area (Å²) in [6, 6.07) is 3.27. The molecule has 0 heterocycles. The smallest absolute Gasteiger partial charge is 0.419 e. The quantitative estimate of drug-likeness (QED) is 0.813. The number of benzene rings is 1. The van der Waals surface area contributed by atoms with Gasteiger partial charge < -0.3 is 9.90 Å². The minimum atomic E-state index is -4.58. The van der Waals surface area contributed by atoms with Gasteiger partial charge in [0.1, 0.15) is 12.0 Å². The second-order valence-electron chi connectivity index (χ2n) is 3.58. The number of phenols is 1. The number of carbonyl (C=O) groups is 1. The Hall–Kier alpha value is -1.52. The first kappa shape index (κ1) is 12.5. The molecule has 0 saturated heterocycles. The lowest BCUT2D eigenvalue weighted by molar-refractivity contribution is -0.138. The molecule has 0 aromatic heterocycles. The molecule has 1 unspecified atom stereocenters. The summed E-state index contributed by atoms with van der Waals surface area (Å²) in [6.45, 7) is 1.65. The summed E-state index contributed by atoms with van der Waals surface area (Å²) in [5.41, 5.74) is -0.681. The maximum atomic E-state index is 12.4. The molecule has 0 radical (unpaired) electrons. The summed E-state index contributed by atoms with van der Waals surface area (Å²) in [5, 5.41) is 9.09. The number of halogens is 3. The van der Waals surface area contributed by atoms with Gasteiger partial charge in [0.25, 0.3) is 0 Å². The summed E-state index contributed by atoms with van der Waals surface area (Å²) in [5.74, 6) is -1.09. The van der Waals surface area contributed by atoms with Crippen molar-refractivity contribution in [2.24, 2.45) is 0 Å². The molecule has 2 nitrogen and oxygen atoms in total. The van der Waals surface area contributed by atoms with Crippen LogP contribution in [0.25, 0.3) is 0 Å². The van der Waals surface area contributed by atoms with Gasteiger partial charge in [-0.25, -0.2) is 0 Å². The van der Waals surface area contributed by atoms with Crippen molar-refractivity contribution in [3.63, 3.8) is 0 Å². The Morgan fingerprint density at radius 3 is 2.56 bits per heavy atom. The van der Waals surface area contributed by atoms with Gasteiger partial charge in [0.2, 0.25) is 0 Å². The molecule has 0 amide bonds. The summed E-state index contributed by atoms with van der Waals surface area (Å²) in [6.07, 6.45) is -3.77. The van der Waals surface area contributed by atoms with Crippen molar-refractivity contribution >= 4 is 6.29 Å². The number of aromatic hydroxyl groups is 1. The molecule has 1 rings (SSSR count). The molecule has 0 fully saturated rings. The highest BCUT2D eigenvalue weighted by atomic mass is 19.4. The lowest BCUT2D eigenvalue weighted by Gasteiger charge is -2.13. The number of phenolic OH excluding ortho intramolecular Hbond substituents is 1. The van der Waals surface area contributed by atoms with Crippen LogP contribution < -0.4 is 0 Å². The Morgan fingerprint density at radius 2 is 2.06 bits per heavy atom. The van der Waals surface area contributed by atoms with Gasteiger partial charge in [-0.3, -0.25) is 0 Å². The van der Waals surface area contributed by atoms with Gasteiger partial charge >= 0.3 is 6.18 Å². The fraction of sp³-hybridized carbons (Fsp3) is 0.364. The third-order valence-corrected chi connectivity index (χ3v) is 2.34. The normalized spacial score (nSPS) is 13.5. The van der Waals surface area contributed by atoms with E-state index in [1.807, 2.05) is 0 Å². The molecule has 0 saturated carbocycles. The highest BCUT2D eigenvalue weighted by Gasteiger charge is 2.34. The number of aldehydes is 1. The zero-order chi connectivity index (χ0) is 12.3. The van der Waals surface area contributed by atoms with E-state index in [0.29, 0.717) is 11.8 Å². The molecule has 0 bridgehead atoms. The third-order valence-electron chi connectivity index (χ3n) is 2.34. The van der Waals surface area contributed by atoms with Crippen LogP contribution in [0.15, 0.2) is 18.2 Å². The van der Waals surface area contributed by atoms with Gasteiger partial charge in [-0.1, -0.05) is 13.0 Å². The average molecular weight is 232 g/mol. The van der Waals surface area contributed by atoms with Crippen molar-refractivity contribution < 1.29 is 23.1 Å². The van der Waals surface area contributed by atoms with E-state index in [4.69, 9.17) is 5.11 Å². The lowest BCUT2D eigenvalue weighted by atomic mass is 9.96. The highest BCUT2D eigenvalue weighted by Crippen LogP contribution is 2.37. The fourth-order valence-corrected chi connectivity index (χ4v) is 1.37. The summed E-state index contributed by atoms with van der Waals surface area (Å²) in [7, 11) is 0. The van der Waals surface area contributed by atoms with E-state index in [1.54, 1.807) is 6.92 Å². The second kappa shape index (κ2) is 4.55. The van der Waals surface area contributed by atoms with E-state index in [-0.39, 0.29) is 12.3 Å². The predicted molar refractivity (Wildman–Crippen MR) is 52.2 cm³/mol. The van der Waals surface area contributed by atoms with Crippen LogP contribution in [0.3, 0.4) is 0 Å². The minimum Gasteiger partial charge on any atom is -0.507 e. The molecule has 1 N–H and O–H groups in total. The van der Waals surface area contributed by atoms with E-state index in [9.17, 15) is 18.0 Å². The van der Waals surface area contributed by atoms with Crippen molar-refractivity contribution in [1.82, 2.24) is 0 Å². The molecular weight excluding hydrogens is 221 g/mol. The Kier molecular flexibility index (Phi) is 3.57. The first-order valence-corrected chi connectivity index (χ1v) is 4.70. The summed E-state index contributed by atoms with van der Waals surface area (Å²) in [4.78, 5) is 10.3. The second-order valence-corrected chi connectivity index (χ2v) is 3.58. The topological polar surface area (TPSA) is 37.3 Å². The molecule has 1 aromatic carbocycles. The number of hydrogen-bond donors (Lipinski definition) is 1. The van der Waals surface area contributed by atoms with Crippen LogP contribution in [0.5, 0.6) is 5.75 Å². The Balaban J connectivity index is 3.12. The van der Waals surface area contributed by atoms with E-state index in [1.165, 1.54) is 6.07 Å². The van der Waals surface area contributed by atoms with Crippen LogP contribution in [0.2, 0.25) is 0 Å². The standard InChI is InChI=1S/C11H11F3O2/c1-7(4-5-15)8-2-3-10(16)9(6-8)11(12,13)14/h2-3,5-7,16H,4H2,1H3. The summed E-state index contributed by atoms with van der Waals surface area (Å²) < 4.78 is 37.3. The molecule has 0 aliphatic rings. The molecular formula is C11H11F3O2. The molecule has 16 heavy (non-hydrogen) atoms. The maximum Gasteiger partial charge on any atom is 0.419 e. The van der Waals surface area contributed by atoms with Crippen molar-refractivity contribution in [3.05, 3.63) is 29.3 Å². The molecule has 0 aliphatic heterocycles. The van der Waals surface area contributed by atoms with E-state index >= 15 is 0 Å². The fourth-order valence-electron chi connectivity index (χ4n) is 1.37. The summed E-state index contributed by atoms with van der Waals surface area (Å²) >= 11 is 0. The van der Waals surface area contributed by atoms with Crippen LogP contribution in [-0.4, -0.2) is 11.4 Å². The Morgan fingerprint density at radius 1 is 1.44 bits per heavy atom. The van der Waals surface area contributed by atoms with Gasteiger partial charge in [-0.05, 0) is 23.6 Å². The lowest BCUT2D eigenvalue weighted by Crippen LogP contribution is -2.07. The van der Waals surface area contributed by atoms with E-state index in [2.05, 4.69) is 0 Å². The van der Waals surface area contributed by atoms with E-state index in [0.717, 1.165) is 12.1 Å².